The molecule has 6 aromatic rings. The second kappa shape index (κ2) is 23.5. The molecule has 2 saturated heterocycles. The van der Waals surface area contributed by atoms with Crippen molar-refractivity contribution in [2.75, 3.05) is 32.1 Å². The molecule has 2 aliphatic rings. The second-order valence-electron chi connectivity index (χ2n) is 15.3. The largest absolute Gasteiger partial charge is 0.369 e. The molecule has 0 bridgehead atoms. The van der Waals surface area contributed by atoms with Crippen LogP contribution in [0, 0.1) is 13.8 Å². The fourth-order valence-electron chi connectivity index (χ4n) is 7.74. The zero-order valence-corrected chi connectivity index (χ0v) is 37.2. The molecule has 356 valence electrons. The summed E-state index contributed by atoms with van der Waals surface area (Å²) >= 11 is 4.86. The summed E-state index contributed by atoms with van der Waals surface area (Å²) in [6, 6.07) is 33.6. The van der Waals surface area contributed by atoms with E-state index in [4.69, 9.17) is 17.3 Å². The normalized spacial score (nSPS) is 15.7. The van der Waals surface area contributed by atoms with Crippen molar-refractivity contribution in [1.29, 1.82) is 0 Å². The number of sulfonamides is 2. The Balaban J connectivity index is 0.000000307. The van der Waals surface area contributed by atoms with Gasteiger partial charge in [-0.05, 0) is 80.1 Å². The number of piperidine rings is 2. The molecule has 2 amide bonds. The minimum atomic E-state index is -3.59. The number of aromatic amines is 1. The van der Waals surface area contributed by atoms with Crippen LogP contribution >= 0.6 is 11.6 Å². The summed E-state index contributed by atoms with van der Waals surface area (Å²) in [5, 5.41) is 27.3. The lowest BCUT2D eigenvalue weighted by Crippen LogP contribution is -2.46. The molecule has 0 unspecified atom stereocenters. The fourth-order valence-corrected chi connectivity index (χ4v) is 10.6. The highest BCUT2D eigenvalue weighted by Gasteiger charge is 2.45. The molecule has 2 fully saturated rings. The SMILES string of the molecule is C.C.C.Cc1ccc(S(=O)(=O)N2CCC(c3ccccc3)(c3nn[nH]n3)CC2)cc1.Cc1ccc(S(=O)(=O)N2CCC(c3ccccc3)(c3nnn(CC(N)=O)n3)CC2)cc1.NC(=O)CCl. The first kappa shape index (κ1) is 54.4. The molecular formula is C45H61ClN12O6S2. The summed E-state index contributed by atoms with van der Waals surface area (Å²) in [6.45, 7) is 5.14. The van der Waals surface area contributed by atoms with Gasteiger partial charge in [0.15, 0.2) is 11.6 Å². The predicted octanol–water partition coefficient (Wildman–Crippen LogP) is 5.14. The molecular weight excluding hydrogens is 904 g/mol. The van der Waals surface area contributed by atoms with Gasteiger partial charge in [-0.15, -0.1) is 32.0 Å². The number of nitrogens with one attached hydrogen (secondary N) is 1. The van der Waals surface area contributed by atoms with Gasteiger partial charge in [0.2, 0.25) is 31.9 Å². The highest BCUT2D eigenvalue weighted by molar-refractivity contribution is 7.89. The van der Waals surface area contributed by atoms with Crippen LogP contribution in [-0.2, 0) is 47.0 Å². The van der Waals surface area contributed by atoms with Crippen LogP contribution in [0.15, 0.2) is 119 Å². The topological polar surface area (TPSA) is 259 Å². The van der Waals surface area contributed by atoms with Crippen molar-refractivity contribution < 1.29 is 26.4 Å². The summed E-state index contributed by atoms with van der Waals surface area (Å²) in [4.78, 5) is 22.5. The number of tetrazole rings is 2. The number of nitrogens with two attached hydrogens (primary N) is 2. The molecule has 4 heterocycles. The van der Waals surface area contributed by atoms with Crippen LogP contribution in [0.3, 0.4) is 0 Å². The van der Waals surface area contributed by atoms with Crippen molar-refractivity contribution in [1.82, 2.24) is 49.4 Å². The molecule has 5 N–H and O–H groups in total. The first-order valence-electron chi connectivity index (χ1n) is 20.0. The summed E-state index contributed by atoms with van der Waals surface area (Å²) < 4.78 is 55.3. The number of rotatable bonds is 11. The van der Waals surface area contributed by atoms with Gasteiger partial charge < -0.3 is 11.5 Å². The number of amides is 2. The van der Waals surface area contributed by atoms with Gasteiger partial charge in [0.05, 0.1) is 20.6 Å². The first-order valence-corrected chi connectivity index (χ1v) is 23.4. The van der Waals surface area contributed by atoms with Crippen LogP contribution < -0.4 is 11.5 Å². The van der Waals surface area contributed by atoms with Crippen LogP contribution in [0.25, 0.3) is 0 Å². The number of carbonyl (C=O) groups excluding carboxylic acids is 2. The van der Waals surface area contributed by atoms with E-state index in [-0.39, 0.29) is 39.6 Å². The third kappa shape index (κ3) is 12.3. The zero-order chi connectivity index (χ0) is 45.3. The lowest BCUT2D eigenvalue weighted by molar-refractivity contribution is -0.119. The smallest absolute Gasteiger partial charge is 0.243 e. The van der Waals surface area contributed by atoms with E-state index in [2.05, 4.69) is 41.8 Å². The minimum absolute atomic E-state index is 0. The average molecular weight is 966 g/mol. The van der Waals surface area contributed by atoms with Gasteiger partial charge in [-0.2, -0.15) is 18.6 Å². The number of aryl methyl sites for hydroxylation is 2. The van der Waals surface area contributed by atoms with E-state index in [9.17, 15) is 26.4 Å². The lowest BCUT2D eigenvalue weighted by atomic mass is 9.72. The summed E-state index contributed by atoms with van der Waals surface area (Å²) in [6.07, 6.45) is 2.18. The highest BCUT2D eigenvalue weighted by Crippen LogP contribution is 2.42. The number of alkyl halides is 1. The fraction of sp³-hybridized carbons (Fsp3) is 0.378. The van der Waals surface area contributed by atoms with Crippen molar-refractivity contribution in [2.45, 2.75) is 89.0 Å². The van der Waals surface area contributed by atoms with E-state index in [1.807, 2.05) is 86.6 Å². The van der Waals surface area contributed by atoms with E-state index in [0.717, 1.165) is 22.3 Å². The number of hydrogen-bond donors (Lipinski definition) is 3. The summed E-state index contributed by atoms with van der Waals surface area (Å²) in [5.74, 6) is -0.0446. The van der Waals surface area contributed by atoms with E-state index in [0.29, 0.717) is 68.4 Å². The molecule has 4 aromatic carbocycles. The van der Waals surface area contributed by atoms with Crippen LogP contribution in [-0.4, -0.2) is 110 Å². The summed E-state index contributed by atoms with van der Waals surface area (Å²) in [7, 11) is -7.10. The molecule has 0 atom stereocenters. The van der Waals surface area contributed by atoms with Gasteiger partial charge in [-0.3, -0.25) is 9.59 Å². The van der Waals surface area contributed by atoms with Crippen molar-refractivity contribution in [3.63, 3.8) is 0 Å². The Morgan fingerprint density at radius 1 is 0.621 bits per heavy atom. The Kier molecular flexibility index (Phi) is 19.4. The number of carbonyl (C=O) groups is 2. The number of benzene rings is 4. The van der Waals surface area contributed by atoms with Gasteiger partial charge in [-0.1, -0.05) is 124 Å². The molecule has 66 heavy (non-hydrogen) atoms. The number of halogens is 1. The molecule has 0 aliphatic carbocycles. The van der Waals surface area contributed by atoms with Gasteiger partial charge in [0.1, 0.15) is 12.4 Å². The molecule has 0 saturated carbocycles. The van der Waals surface area contributed by atoms with Gasteiger partial charge in [0, 0.05) is 26.2 Å². The zero-order valence-electron chi connectivity index (χ0n) is 34.8. The van der Waals surface area contributed by atoms with Gasteiger partial charge >= 0.3 is 0 Å². The maximum absolute atomic E-state index is 13.1. The minimum Gasteiger partial charge on any atom is -0.369 e. The summed E-state index contributed by atoms with van der Waals surface area (Å²) in [5.41, 5.74) is 12.8. The molecule has 2 aromatic heterocycles. The van der Waals surface area contributed by atoms with E-state index in [1.54, 1.807) is 40.7 Å². The Morgan fingerprint density at radius 2 is 1.02 bits per heavy atom. The molecule has 0 radical (unpaired) electrons. The molecule has 2 aliphatic heterocycles. The quantitative estimate of drug-likeness (QED) is 0.143. The van der Waals surface area contributed by atoms with Gasteiger partial charge in [-0.25, -0.2) is 16.8 Å². The molecule has 18 nitrogen and oxygen atoms in total. The van der Waals surface area contributed by atoms with Crippen LogP contribution in [0.2, 0.25) is 0 Å². The number of nitrogens with zero attached hydrogens (tertiary/aromatic N) is 9. The van der Waals surface area contributed by atoms with E-state index < -0.39 is 42.7 Å². The predicted molar refractivity (Wildman–Crippen MR) is 254 cm³/mol. The molecule has 0 spiro atoms. The van der Waals surface area contributed by atoms with Crippen molar-refractivity contribution in [3.05, 3.63) is 143 Å². The first-order chi connectivity index (χ1) is 30.1. The second-order valence-corrected chi connectivity index (χ2v) is 19.4. The Hall–Kier alpha value is -5.93. The number of primary amides is 2. The standard InChI is InChI=1S/C21H24N6O3S.C19H21N5O2S.C2H4ClNO.3CH4/c1-16-7-9-18(10-8-16)31(29,30)26-13-11-21(12-14-26,17-5-3-2-4-6-17)20-23-25-27(24-20)15-19(22)28;1-15-7-9-17(10-8-15)27(25,26)24-13-11-19(12-14-24,18-20-22-23-21-18)16-5-3-2-4-6-16;3-1-2(4)5;;;/h2-10H,11-15H2,1H3,(H2,22,28);2-10H,11-14H2,1H3,(H,20,21,22,23);1H2,(H2,4,5);3*1H4. The number of aromatic nitrogens is 8. The van der Waals surface area contributed by atoms with Crippen molar-refractivity contribution in [2.24, 2.45) is 11.5 Å². The maximum atomic E-state index is 13.1. The maximum Gasteiger partial charge on any atom is 0.243 e. The van der Waals surface area contributed by atoms with Crippen LogP contribution in [0.4, 0.5) is 0 Å². The average Bonchev–Trinajstić information content (AvgIpc) is 4.02. The third-order valence-corrected chi connectivity index (χ3v) is 15.3. The Labute approximate surface area is 393 Å². The lowest BCUT2D eigenvalue weighted by Gasteiger charge is -2.39. The van der Waals surface area contributed by atoms with Crippen LogP contribution in [0.5, 0.6) is 0 Å². The third-order valence-electron chi connectivity index (χ3n) is 11.2. The Morgan fingerprint density at radius 3 is 1.36 bits per heavy atom. The monoisotopic (exact) mass is 964 g/mol. The van der Waals surface area contributed by atoms with Crippen molar-refractivity contribution >= 4 is 43.5 Å². The van der Waals surface area contributed by atoms with E-state index in [1.165, 1.54) is 9.10 Å². The highest BCUT2D eigenvalue weighted by atomic mass is 35.5. The number of hydrogen-bond acceptors (Lipinski definition) is 12. The molecule has 8 rings (SSSR count). The molecule has 21 heteroatoms. The van der Waals surface area contributed by atoms with Crippen molar-refractivity contribution in [3.8, 4) is 0 Å². The van der Waals surface area contributed by atoms with E-state index >= 15 is 0 Å². The Bertz CT molecular complexity index is 2660. The van der Waals surface area contributed by atoms with Crippen LogP contribution in [0.1, 0.15) is 81.9 Å². The van der Waals surface area contributed by atoms with Gasteiger partial charge in [0.25, 0.3) is 0 Å². The number of H-pyrrole nitrogens is 1.